The zero-order chi connectivity index (χ0) is 18.8. The van der Waals surface area contributed by atoms with E-state index in [4.69, 9.17) is 0 Å². The molecule has 3 aromatic rings. The summed E-state index contributed by atoms with van der Waals surface area (Å²) in [6, 6.07) is 10.6. The molecule has 4 rings (SSSR count). The first-order chi connectivity index (χ1) is 13.2. The molecule has 1 aliphatic rings. The molecular weight excluding hydrogens is 345 g/mol. The number of halogens is 1. The predicted octanol–water partition coefficient (Wildman–Crippen LogP) is 2.31. The maximum Gasteiger partial charge on any atom is 0.158 e. The number of benzene rings is 1. The fourth-order valence-electron chi connectivity index (χ4n) is 3.24. The first-order valence-corrected chi connectivity index (χ1v) is 8.69. The third-order valence-electron chi connectivity index (χ3n) is 4.64. The van der Waals surface area contributed by atoms with Crippen LogP contribution in [0.15, 0.2) is 42.9 Å². The van der Waals surface area contributed by atoms with Gasteiger partial charge in [-0.15, -0.1) is 0 Å². The maximum absolute atomic E-state index is 13.9. The standard InChI is InChI=1S/C19H18FN7/c1-14-5-6-27(24-14)19-11-18(22-13-23-19)26-9-7-25(8-10-26)17-4-2-3-16(20)15(17)12-21/h2-6,11,13H,7-10H2,1H3. The number of hydrogen-bond donors (Lipinski definition) is 0. The molecule has 136 valence electrons. The minimum absolute atomic E-state index is 0.101. The van der Waals surface area contributed by atoms with Crippen LogP contribution in [0.1, 0.15) is 11.3 Å². The zero-order valence-electron chi connectivity index (χ0n) is 14.9. The van der Waals surface area contributed by atoms with Crippen LogP contribution in [0.3, 0.4) is 0 Å². The van der Waals surface area contributed by atoms with Crippen LogP contribution in [-0.2, 0) is 0 Å². The second-order valence-electron chi connectivity index (χ2n) is 6.36. The molecule has 27 heavy (non-hydrogen) atoms. The summed E-state index contributed by atoms with van der Waals surface area (Å²) in [6.45, 7) is 4.72. The molecule has 2 aromatic heterocycles. The molecule has 1 aliphatic heterocycles. The van der Waals surface area contributed by atoms with E-state index in [0.29, 0.717) is 24.6 Å². The van der Waals surface area contributed by atoms with E-state index in [9.17, 15) is 9.65 Å². The SMILES string of the molecule is Cc1ccn(-c2cc(N3CCN(c4cccc(F)c4C#N)CC3)ncn2)n1. The van der Waals surface area contributed by atoms with Crippen molar-refractivity contribution in [3.05, 3.63) is 59.9 Å². The quantitative estimate of drug-likeness (QED) is 0.711. The number of hydrogen-bond acceptors (Lipinski definition) is 6. The van der Waals surface area contributed by atoms with Gasteiger partial charge in [0.25, 0.3) is 0 Å². The Hall–Kier alpha value is -3.47. The van der Waals surface area contributed by atoms with Crippen molar-refractivity contribution in [1.29, 1.82) is 5.26 Å². The Balaban J connectivity index is 1.50. The fraction of sp³-hybridized carbons (Fsp3) is 0.263. The summed E-state index contributed by atoms with van der Waals surface area (Å²) in [5.74, 6) is 1.06. The van der Waals surface area contributed by atoms with Gasteiger partial charge in [0.2, 0.25) is 0 Å². The van der Waals surface area contributed by atoms with Crippen molar-refractivity contribution in [2.75, 3.05) is 36.0 Å². The van der Waals surface area contributed by atoms with Gasteiger partial charge in [-0.1, -0.05) is 6.07 Å². The summed E-state index contributed by atoms with van der Waals surface area (Å²) in [6.07, 6.45) is 3.40. The molecule has 8 heteroatoms. The number of rotatable bonds is 3. The zero-order valence-corrected chi connectivity index (χ0v) is 14.9. The van der Waals surface area contributed by atoms with E-state index in [-0.39, 0.29) is 5.56 Å². The molecule has 0 aliphatic carbocycles. The fourth-order valence-corrected chi connectivity index (χ4v) is 3.24. The number of nitrogens with zero attached hydrogens (tertiary/aromatic N) is 7. The van der Waals surface area contributed by atoms with E-state index in [0.717, 1.165) is 24.6 Å². The Morgan fingerprint density at radius 2 is 1.78 bits per heavy atom. The summed E-state index contributed by atoms with van der Waals surface area (Å²) < 4.78 is 15.6. The molecule has 0 saturated carbocycles. The summed E-state index contributed by atoms with van der Waals surface area (Å²) in [4.78, 5) is 12.9. The molecule has 1 aromatic carbocycles. The van der Waals surface area contributed by atoms with Gasteiger partial charge in [0.05, 0.1) is 11.4 Å². The highest BCUT2D eigenvalue weighted by molar-refractivity contribution is 5.61. The normalized spacial score (nSPS) is 14.3. The first-order valence-electron chi connectivity index (χ1n) is 8.69. The van der Waals surface area contributed by atoms with E-state index in [2.05, 4.69) is 20.0 Å². The topological polar surface area (TPSA) is 73.9 Å². The van der Waals surface area contributed by atoms with Crippen LogP contribution in [0.5, 0.6) is 0 Å². The molecule has 0 atom stereocenters. The molecule has 7 nitrogen and oxygen atoms in total. The van der Waals surface area contributed by atoms with Crippen molar-refractivity contribution in [2.24, 2.45) is 0 Å². The molecule has 0 bridgehead atoms. The summed E-state index contributed by atoms with van der Waals surface area (Å²) in [5.41, 5.74) is 1.67. The van der Waals surface area contributed by atoms with E-state index >= 15 is 0 Å². The number of piperazine rings is 1. The van der Waals surface area contributed by atoms with Crippen LogP contribution in [0, 0.1) is 24.1 Å². The average Bonchev–Trinajstić information content (AvgIpc) is 3.14. The third kappa shape index (κ3) is 3.31. The van der Waals surface area contributed by atoms with E-state index in [1.807, 2.05) is 36.2 Å². The lowest BCUT2D eigenvalue weighted by molar-refractivity contribution is 0.615. The van der Waals surface area contributed by atoms with Crippen LogP contribution in [0.4, 0.5) is 15.9 Å². The van der Waals surface area contributed by atoms with Gasteiger partial charge in [0.1, 0.15) is 29.6 Å². The van der Waals surface area contributed by atoms with Crippen molar-refractivity contribution in [3.63, 3.8) is 0 Å². The van der Waals surface area contributed by atoms with Gasteiger partial charge >= 0.3 is 0 Å². The molecule has 0 N–H and O–H groups in total. The van der Waals surface area contributed by atoms with Crippen LogP contribution < -0.4 is 9.80 Å². The number of aromatic nitrogens is 4. The Morgan fingerprint density at radius 1 is 1.04 bits per heavy atom. The highest BCUT2D eigenvalue weighted by Crippen LogP contribution is 2.25. The summed E-state index contributed by atoms with van der Waals surface area (Å²) in [5, 5.41) is 13.6. The van der Waals surface area contributed by atoms with Gasteiger partial charge in [-0.2, -0.15) is 10.4 Å². The number of aryl methyl sites for hydroxylation is 1. The minimum Gasteiger partial charge on any atom is -0.367 e. The van der Waals surface area contributed by atoms with Crippen LogP contribution in [0.25, 0.3) is 5.82 Å². The van der Waals surface area contributed by atoms with E-state index in [1.54, 1.807) is 16.8 Å². The first kappa shape index (κ1) is 17.0. The Labute approximate surface area is 156 Å². The molecule has 0 amide bonds. The van der Waals surface area contributed by atoms with Crippen molar-refractivity contribution in [2.45, 2.75) is 6.92 Å². The van der Waals surface area contributed by atoms with Crippen LogP contribution in [-0.4, -0.2) is 45.9 Å². The third-order valence-corrected chi connectivity index (χ3v) is 4.64. The van der Waals surface area contributed by atoms with Crippen molar-refractivity contribution in [3.8, 4) is 11.9 Å². The number of anilines is 2. The summed E-state index contributed by atoms with van der Waals surface area (Å²) in [7, 11) is 0. The van der Waals surface area contributed by atoms with Crippen molar-refractivity contribution >= 4 is 11.5 Å². The van der Waals surface area contributed by atoms with Gasteiger partial charge in [-0.25, -0.2) is 19.0 Å². The second-order valence-corrected chi connectivity index (χ2v) is 6.36. The van der Waals surface area contributed by atoms with E-state index in [1.165, 1.54) is 12.4 Å². The Morgan fingerprint density at radius 3 is 2.48 bits per heavy atom. The highest BCUT2D eigenvalue weighted by Gasteiger charge is 2.22. The molecule has 0 radical (unpaired) electrons. The molecule has 1 saturated heterocycles. The lowest BCUT2D eigenvalue weighted by Crippen LogP contribution is -2.47. The van der Waals surface area contributed by atoms with Crippen LogP contribution >= 0.6 is 0 Å². The van der Waals surface area contributed by atoms with Gasteiger partial charge in [0, 0.05) is 38.4 Å². The monoisotopic (exact) mass is 363 g/mol. The lowest BCUT2D eigenvalue weighted by Gasteiger charge is -2.37. The molecule has 3 heterocycles. The van der Waals surface area contributed by atoms with Crippen LogP contribution in [0.2, 0.25) is 0 Å². The minimum atomic E-state index is -0.479. The van der Waals surface area contributed by atoms with Crippen molar-refractivity contribution in [1.82, 2.24) is 19.7 Å². The Bertz CT molecular complexity index is 999. The average molecular weight is 363 g/mol. The maximum atomic E-state index is 13.9. The predicted molar refractivity (Wildman–Crippen MR) is 99.4 cm³/mol. The van der Waals surface area contributed by atoms with Crippen molar-refractivity contribution < 1.29 is 4.39 Å². The Kier molecular flexibility index (Phi) is 4.42. The highest BCUT2D eigenvalue weighted by atomic mass is 19.1. The number of nitriles is 1. The molecule has 1 fully saturated rings. The van der Waals surface area contributed by atoms with Gasteiger partial charge in [-0.3, -0.25) is 0 Å². The van der Waals surface area contributed by atoms with Gasteiger partial charge in [0.15, 0.2) is 5.82 Å². The molecule has 0 unspecified atom stereocenters. The molecular formula is C19H18FN7. The lowest BCUT2D eigenvalue weighted by atomic mass is 10.1. The second kappa shape index (κ2) is 7.03. The molecule has 0 spiro atoms. The van der Waals surface area contributed by atoms with Gasteiger partial charge < -0.3 is 9.80 Å². The summed E-state index contributed by atoms with van der Waals surface area (Å²) >= 11 is 0. The largest absolute Gasteiger partial charge is 0.367 e. The van der Waals surface area contributed by atoms with E-state index < -0.39 is 5.82 Å². The smallest absolute Gasteiger partial charge is 0.158 e. The van der Waals surface area contributed by atoms with Gasteiger partial charge in [-0.05, 0) is 25.1 Å².